The number of benzene rings is 1. The number of methoxy groups -OCH3 is 1. The molecule has 0 amide bonds. The van der Waals surface area contributed by atoms with Crippen LogP contribution in [0.3, 0.4) is 0 Å². The Balaban J connectivity index is 0.00000400. The van der Waals surface area contributed by atoms with E-state index >= 15 is 0 Å². The van der Waals surface area contributed by atoms with Gasteiger partial charge in [0.2, 0.25) is 0 Å². The van der Waals surface area contributed by atoms with Crippen molar-refractivity contribution in [1.29, 1.82) is 0 Å². The number of rotatable bonds is 8. The van der Waals surface area contributed by atoms with Gasteiger partial charge < -0.3 is 20.9 Å². The highest BCUT2D eigenvalue weighted by Crippen LogP contribution is 2.21. The summed E-state index contributed by atoms with van der Waals surface area (Å²) in [5.41, 5.74) is 6.96. The number of ether oxygens (including phenoxy) is 1. The predicted molar refractivity (Wildman–Crippen MR) is 97.3 cm³/mol. The maximum absolute atomic E-state index is 9.61. The first-order valence-corrected chi connectivity index (χ1v) is 6.89. The highest BCUT2D eigenvalue weighted by atomic mass is 127. The smallest absolute Gasteiger partial charge is 0.188 e. The first kappa shape index (κ1) is 20.1. The lowest BCUT2D eigenvalue weighted by Gasteiger charge is -2.17. The Bertz CT molecular complexity index is 399. The lowest BCUT2D eigenvalue weighted by molar-refractivity contribution is 0.175. The van der Waals surface area contributed by atoms with Crippen molar-refractivity contribution in [2.24, 2.45) is 10.7 Å². The molecule has 0 saturated carbocycles. The van der Waals surface area contributed by atoms with E-state index in [9.17, 15) is 5.11 Å². The number of guanidine groups is 1. The number of hydrogen-bond donors (Lipinski definition) is 3. The van der Waals surface area contributed by atoms with Crippen molar-refractivity contribution in [2.45, 2.75) is 25.4 Å². The third-order valence-corrected chi connectivity index (χ3v) is 2.99. The normalized spacial score (nSPS) is 14.1. The molecular formula is C15H26IN3O2. The van der Waals surface area contributed by atoms with Crippen LogP contribution in [0.25, 0.3) is 0 Å². The first-order chi connectivity index (χ1) is 9.63. The second kappa shape index (κ2) is 11.8. The average molecular weight is 407 g/mol. The Morgan fingerprint density at radius 3 is 2.62 bits per heavy atom. The highest BCUT2D eigenvalue weighted by molar-refractivity contribution is 14.0. The van der Waals surface area contributed by atoms with E-state index in [4.69, 9.17) is 10.5 Å². The molecule has 0 bridgehead atoms. The molecule has 0 aliphatic carbocycles. The summed E-state index contributed by atoms with van der Waals surface area (Å²) in [6.45, 7) is 3.57. The van der Waals surface area contributed by atoms with Gasteiger partial charge in [-0.25, -0.2) is 0 Å². The number of nitrogens with one attached hydrogen (secondary N) is 1. The molecule has 0 fully saturated rings. The summed E-state index contributed by atoms with van der Waals surface area (Å²) in [5, 5.41) is 12.6. The van der Waals surface area contributed by atoms with Crippen LogP contribution in [0.1, 0.15) is 24.8 Å². The number of aliphatic hydroxyl groups is 1. The Hall–Kier alpha value is -0.860. The predicted octanol–water partition coefficient (Wildman–Crippen LogP) is 1.71. The number of hydrogen-bond acceptors (Lipinski definition) is 3. The van der Waals surface area contributed by atoms with E-state index in [-0.39, 0.29) is 36.0 Å². The van der Waals surface area contributed by atoms with Gasteiger partial charge in [-0.15, -0.1) is 24.0 Å². The molecule has 120 valence electrons. The Morgan fingerprint density at radius 1 is 1.38 bits per heavy atom. The van der Waals surface area contributed by atoms with Crippen molar-refractivity contribution in [3.05, 3.63) is 35.9 Å². The quantitative estimate of drug-likeness (QED) is 0.265. The lowest BCUT2D eigenvalue weighted by atomic mass is 9.93. The minimum atomic E-state index is -0.363. The van der Waals surface area contributed by atoms with Crippen LogP contribution in [0.2, 0.25) is 0 Å². The summed E-state index contributed by atoms with van der Waals surface area (Å²) >= 11 is 0. The molecule has 4 N–H and O–H groups in total. The molecule has 6 heteroatoms. The highest BCUT2D eigenvalue weighted by Gasteiger charge is 2.13. The van der Waals surface area contributed by atoms with Crippen LogP contribution < -0.4 is 11.1 Å². The lowest BCUT2D eigenvalue weighted by Crippen LogP contribution is -2.34. The van der Waals surface area contributed by atoms with Gasteiger partial charge in [-0.1, -0.05) is 30.3 Å². The van der Waals surface area contributed by atoms with Crippen LogP contribution in [0.5, 0.6) is 0 Å². The zero-order chi connectivity index (χ0) is 14.8. The van der Waals surface area contributed by atoms with Crippen molar-refractivity contribution in [3.63, 3.8) is 0 Å². The van der Waals surface area contributed by atoms with E-state index in [0.29, 0.717) is 32.1 Å². The Morgan fingerprint density at radius 2 is 2.05 bits per heavy atom. The van der Waals surface area contributed by atoms with Crippen LogP contribution in [-0.4, -0.2) is 44.0 Å². The van der Waals surface area contributed by atoms with E-state index in [1.54, 1.807) is 14.0 Å². The summed E-state index contributed by atoms with van der Waals surface area (Å²) < 4.78 is 4.93. The zero-order valence-corrected chi connectivity index (χ0v) is 15.0. The molecule has 0 saturated heterocycles. The molecule has 0 aromatic heterocycles. The third kappa shape index (κ3) is 8.90. The van der Waals surface area contributed by atoms with E-state index in [2.05, 4.69) is 22.4 Å². The standard InChI is InChI=1S/C15H25N3O2.HI/c1-12(19)10-14(13-6-4-3-5-7-13)11-18-15(16)17-8-9-20-2;/h3-7,12,14,19H,8-11H2,1-2H3,(H3,16,17,18);1H. The molecule has 0 aliphatic heterocycles. The van der Waals surface area contributed by atoms with Crippen molar-refractivity contribution in [3.8, 4) is 0 Å². The van der Waals surface area contributed by atoms with Gasteiger partial charge >= 0.3 is 0 Å². The molecule has 1 rings (SSSR count). The molecule has 0 spiro atoms. The molecular weight excluding hydrogens is 381 g/mol. The van der Waals surface area contributed by atoms with Gasteiger partial charge in [0.1, 0.15) is 0 Å². The summed E-state index contributed by atoms with van der Waals surface area (Å²) in [4.78, 5) is 4.34. The first-order valence-electron chi connectivity index (χ1n) is 6.89. The second-order valence-corrected chi connectivity index (χ2v) is 4.84. The van der Waals surface area contributed by atoms with Gasteiger partial charge in [-0.2, -0.15) is 0 Å². The van der Waals surface area contributed by atoms with Gasteiger partial charge in [-0.3, -0.25) is 4.99 Å². The summed E-state index contributed by atoms with van der Waals surface area (Å²) in [7, 11) is 1.64. The number of halogens is 1. The van der Waals surface area contributed by atoms with Gasteiger partial charge in [0, 0.05) is 26.1 Å². The maximum atomic E-state index is 9.61. The summed E-state index contributed by atoms with van der Waals surface area (Å²) in [6.07, 6.45) is 0.303. The minimum absolute atomic E-state index is 0. The molecule has 0 aliphatic rings. The molecule has 2 atom stereocenters. The number of aliphatic hydroxyl groups excluding tert-OH is 1. The van der Waals surface area contributed by atoms with Crippen molar-refractivity contribution in [1.82, 2.24) is 5.32 Å². The SMILES string of the molecule is COCCNC(N)=NCC(CC(C)O)c1ccccc1.I. The molecule has 5 nitrogen and oxygen atoms in total. The molecule has 0 heterocycles. The third-order valence-electron chi connectivity index (χ3n) is 2.99. The van der Waals surface area contributed by atoms with Crippen LogP contribution in [0.4, 0.5) is 0 Å². The van der Waals surface area contributed by atoms with Crippen molar-refractivity contribution in [2.75, 3.05) is 26.8 Å². The Labute approximate surface area is 144 Å². The monoisotopic (exact) mass is 407 g/mol. The summed E-state index contributed by atoms with van der Waals surface area (Å²) in [6, 6.07) is 10.1. The molecule has 1 aromatic carbocycles. The second-order valence-electron chi connectivity index (χ2n) is 4.84. The largest absolute Gasteiger partial charge is 0.393 e. The van der Waals surface area contributed by atoms with Gasteiger partial charge in [-0.05, 0) is 18.9 Å². The van der Waals surface area contributed by atoms with Gasteiger partial charge in [0.15, 0.2) is 5.96 Å². The van der Waals surface area contributed by atoms with Crippen LogP contribution in [0, 0.1) is 0 Å². The Kier molecular flexibility index (Phi) is 11.3. The maximum Gasteiger partial charge on any atom is 0.188 e. The molecule has 2 unspecified atom stereocenters. The number of nitrogens with two attached hydrogens (primary N) is 1. The number of aliphatic imine (C=N–C) groups is 1. The van der Waals surface area contributed by atoms with E-state index in [1.807, 2.05) is 18.2 Å². The molecule has 1 aromatic rings. The van der Waals surface area contributed by atoms with E-state index in [1.165, 1.54) is 5.56 Å². The van der Waals surface area contributed by atoms with Crippen LogP contribution in [-0.2, 0) is 4.74 Å². The van der Waals surface area contributed by atoms with Gasteiger partial charge in [0.25, 0.3) is 0 Å². The fraction of sp³-hybridized carbons (Fsp3) is 0.533. The fourth-order valence-corrected chi connectivity index (χ4v) is 2.00. The van der Waals surface area contributed by atoms with Crippen LogP contribution in [0.15, 0.2) is 35.3 Å². The van der Waals surface area contributed by atoms with Crippen LogP contribution >= 0.6 is 24.0 Å². The zero-order valence-electron chi connectivity index (χ0n) is 12.7. The molecule has 21 heavy (non-hydrogen) atoms. The topological polar surface area (TPSA) is 79.9 Å². The minimum Gasteiger partial charge on any atom is -0.393 e. The summed E-state index contributed by atoms with van der Waals surface area (Å²) in [5.74, 6) is 0.576. The molecule has 0 radical (unpaired) electrons. The average Bonchev–Trinajstić information content (AvgIpc) is 2.44. The van der Waals surface area contributed by atoms with Crippen molar-refractivity contribution < 1.29 is 9.84 Å². The van der Waals surface area contributed by atoms with E-state index in [0.717, 1.165) is 0 Å². The van der Waals surface area contributed by atoms with E-state index < -0.39 is 0 Å². The fourth-order valence-electron chi connectivity index (χ4n) is 2.00. The number of nitrogens with zero attached hydrogens (tertiary/aromatic N) is 1. The van der Waals surface area contributed by atoms with Crippen molar-refractivity contribution >= 4 is 29.9 Å². The van der Waals surface area contributed by atoms with Gasteiger partial charge in [0.05, 0.1) is 12.7 Å².